The number of nitrogens with zero attached hydrogens (tertiary/aromatic N) is 3. The zero-order chi connectivity index (χ0) is 20.2. The highest BCUT2D eigenvalue weighted by Crippen LogP contribution is 2.29. The highest BCUT2D eigenvalue weighted by atomic mass is 35.5. The molecule has 29 heavy (non-hydrogen) atoms. The number of amides is 2. The highest BCUT2D eigenvalue weighted by Gasteiger charge is 2.26. The van der Waals surface area contributed by atoms with Crippen LogP contribution in [-0.2, 0) is 9.59 Å². The number of rotatable bonds is 5. The Kier molecular flexibility index (Phi) is 5.94. The van der Waals surface area contributed by atoms with E-state index in [0.717, 1.165) is 15.6 Å². The summed E-state index contributed by atoms with van der Waals surface area (Å²) < 4.78 is 0.792. The van der Waals surface area contributed by atoms with Crippen LogP contribution in [0.25, 0.3) is 11.3 Å². The van der Waals surface area contributed by atoms with Crippen LogP contribution in [0.4, 0.5) is 5.69 Å². The maximum absolute atomic E-state index is 12.3. The lowest BCUT2D eigenvalue weighted by Crippen LogP contribution is -2.31. The van der Waals surface area contributed by atoms with E-state index < -0.39 is 0 Å². The third-order valence-electron chi connectivity index (χ3n) is 4.01. The number of hydrogen-bond acceptors (Lipinski definition) is 6. The van der Waals surface area contributed by atoms with Gasteiger partial charge >= 0.3 is 0 Å². The zero-order valence-electron chi connectivity index (χ0n) is 15.0. The van der Waals surface area contributed by atoms with Crippen molar-refractivity contribution in [1.82, 2.24) is 10.3 Å². The molecule has 2 heterocycles. The van der Waals surface area contributed by atoms with Crippen molar-refractivity contribution in [2.24, 2.45) is 5.10 Å². The predicted molar refractivity (Wildman–Crippen MR) is 117 cm³/mol. The van der Waals surface area contributed by atoms with Crippen LogP contribution in [0.2, 0.25) is 5.02 Å². The van der Waals surface area contributed by atoms with Crippen molar-refractivity contribution in [2.75, 3.05) is 10.8 Å². The summed E-state index contributed by atoms with van der Waals surface area (Å²) in [5.74, 6) is 0.142. The van der Waals surface area contributed by atoms with E-state index >= 15 is 0 Å². The molecule has 0 saturated heterocycles. The molecule has 1 aliphatic heterocycles. The standard InChI is InChI=1S/C20H15ClN4O2S2/c21-14-8-6-13(7-9-14)16-11-28-20(22-16)29-12-18(26)23-17-10-19(27)25(24-17)15-4-2-1-3-5-15/h1-9,11H,10,12H2,(H,23,24,26). The van der Waals surface area contributed by atoms with E-state index in [9.17, 15) is 9.59 Å². The minimum absolute atomic E-state index is 0.0727. The van der Waals surface area contributed by atoms with E-state index in [1.807, 2.05) is 47.8 Å². The van der Waals surface area contributed by atoms with Crippen molar-refractivity contribution in [3.05, 3.63) is 65.0 Å². The number of thiazole rings is 1. The molecule has 3 aromatic rings. The SMILES string of the molecule is O=C(CSc1nc(-c2ccc(Cl)cc2)cs1)NC1=NN(c2ccccc2)C(=O)C1. The average molecular weight is 443 g/mol. The van der Waals surface area contributed by atoms with E-state index in [0.29, 0.717) is 16.5 Å². The molecule has 1 N–H and O–H groups in total. The highest BCUT2D eigenvalue weighted by molar-refractivity contribution is 8.01. The molecular formula is C20H15ClN4O2S2. The van der Waals surface area contributed by atoms with E-state index in [-0.39, 0.29) is 24.0 Å². The fourth-order valence-electron chi connectivity index (χ4n) is 2.67. The number of carbonyl (C=O) groups excluding carboxylic acids is 2. The van der Waals surface area contributed by atoms with Crippen molar-refractivity contribution < 1.29 is 9.59 Å². The first kappa shape index (κ1) is 19.6. The number of nitrogens with one attached hydrogen (secondary N) is 1. The van der Waals surface area contributed by atoms with Gasteiger partial charge in [-0.15, -0.1) is 11.3 Å². The number of aromatic nitrogens is 1. The molecule has 146 valence electrons. The first-order chi connectivity index (χ1) is 14.1. The Balaban J connectivity index is 1.33. The Hall–Kier alpha value is -2.68. The third-order valence-corrected chi connectivity index (χ3v) is 6.28. The summed E-state index contributed by atoms with van der Waals surface area (Å²) in [6, 6.07) is 16.6. The van der Waals surface area contributed by atoms with Crippen LogP contribution in [0.15, 0.2) is 69.4 Å². The molecule has 9 heteroatoms. The van der Waals surface area contributed by atoms with Gasteiger partial charge in [-0.1, -0.05) is 53.7 Å². The fourth-order valence-corrected chi connectivity index (χ4v) is 4.43. The molecule has 0 atom stereocenters. The van der Waals surface area contributed by atoms with Gasteiger partial charge in [-0.3, -0.25) is 9.59 Å². The van der Waals surface area contributed by atoms with Crippen LogP contribution in [0.5, 0.6) is 0 Å². The fraction of sp³-hybridized carbons (Fsp3) is 0.100. The lowest BCUT2D eigenvalue weighted by atomic mass is 10.2. The lowest BCUT2D eigenvalue weighted by Gasteiger charge is -2.10. The summed E-state index contributed by atoms with van der Waals surface area (Å²) in [5, 5.41) is 10.9. The molecule has 6 nitrogen and oxygen atoms in total. The van der Waals surface area contributed by atoms with Gasteiger partial charge in [0.1, 0.15) is 5.84 Å². The number of para-hydroxylation sites is 1. The minimum Gasteiger partial charge on any atom is -0.312 e. The smallest absolute Gasteiger partial charge is 0.255 e. The van der Waals surface area contributed by atoms with Crippen LogP contribution >= 0.6 is 34.7 Å². The van der Waals surface area contributed by atoms with Crippen molar-refractivity contribution in [3.63, 3.8) is 0 Å². The predicted octanol–water partition coefficient (Wildman–Crippen LogP) is 4.42. The first-order valence-electron chi connectivity index (χ1n) is 8.68. The van der Waals surface area contributed by atoms with Gasteiger partial charge in [-0.2, -0.15) is 10.1 Å². The van der Waals surface area contributed by atoms with E-state index in [1.165, 1.54) is 28.1 Å². The summed E-state index contributed by atoms with van der Waals surface area (Å²) in [6.45, 7) is 0. The Morgan fingerprint density at radius 2 is 1.93 bits per heavy atom. The molecule has 0 saturated carbocycles. The molecule has 0 bridgehead atoms. The summed E-state index contributed by atoms with van der Waals surface area (Å²) in [4.78, 5) is 28.9. The summed E-state index contributed by atoms with van der Waals surface area (Å²) in [5.41, 5.74) is 2.49. The Labute approximate surface area is 180 Å². The van der Waals surface area contributed by atoms with Crippen molar-refractivity contribution in [3.8, 4) is 11.3 Å². The number of hydrazone groups is 1. The van der Waals surface area contributed by atoms with Gasteiger partial charge in [0.2, 0.25) is 5.91 Å². The van der Waals surface area contributed by atoms with E-state index in [4.69, 9.17) is 11.6 Å². The number of amidine groups is 1. The second kappa shape index (κ2) is 8.77. The van der Waals surface area contributed by atoms with Crippen molar-refractivity contribution in [2.45, 2.75) is 10.8 Å². The van der Waals surface area contributed by atoms with Gasteiger partial charge in [0.05, 0.1) is 23.6 Å². The Morgan fingerprint density at radius 1 is 1.17 bits per heavy atom. The first-order valence-corrected chi connectivity index (χ1v) is 10.9. The quantitative estimate of drug-likeness (QED) is 0.593. The monoisotopic (exact) mass is 442 g/mol. The molecule has 0 spiro atoms. The molecule has 4 rings (SSSR count). The molecular weight excluding hydrogens is 428 g/mol. The van der Waals surface area contributed by atoms with Crippen LogP contribution in [0.3, 0.4) is 0 Å². The zero-order valence-corrected chi connectivity index (χ0v) is 17.4. The maximum Gasteiger partial charge on any atom is 0.255 e. The van der Waals surface area contributed by atoms with Gasteiger partial charge in [0.15, 0.2) is 4.34 Å². The second-order valence-electron chi connectivity index (χ2n) is 6.11. The molecule has 2 aromatic carbocycles. The number of hydrogen-bond donors (Lipinski definition) is 1. The lowest BCUT2D eigenvalue weighted by molar-refractivity contribution is -0.117. The molecule has 0 unspecified atom stereocenters. The number of benzene rings is 2. The molecule has 2 amide bonds. The third kappa shape index (κ3) is 4.84. The topological polar surface area (TPSA) is 74.7 Å². The number of thioether (sulfide) groups is 1. The van der Waals surface area contributed by atoms with Crippen LogP contribution in [0.1, 0.15) is 6.42 Å². The number of halogens is 1. The minimum atomic E-state index is -0.222. The molecule has 0 fully saturated rings. The largest absolute Gasteiger partial charge is 0.312 e. The molecule has 1 aromatic heterocycles. The van der Waals surface area contributed by atoms with Gasteiger partial charge in [-0.05, 0) is 24.3 Å². The summed E-state index contributed by atoms with van der Waals surface area (Å²) >= 11 is 8.73. The summed E-state index contributed by atoms with van der Waals surface area (Å²) in [7, 11) is 0. The number of anilines is 1. The van der Waals surface area contributed by atoms with Crippen LogP contribution in [0, 0.1) is 0 Å². The van der Waals surface area contributed by atoms with Crippen molar-refractivity contribution >= 4 is 58.0 Å². The Morgan fingerprint density at radius 3 is 2.69 bits per heavy atom. The van der Waals surface area contributed by atoms with E-state index in [2.05, 4.69) is 15.4 Å². The second-order valence-corrected chi connectivity index (χ2v) is 8.62. The van der Waals surface area contributed by atoms with Crippen LogP contribution < -0.4 is 10.3 Å². The average Bonchev–Trinajstić information content (AvgIpc) is 3.34. The van der Waals surface area contributed by atoms with Gasteiger partial charge in [0, 0.05) is 16.0 Å². The van der Waals surface area contributed by atoms with Crippen molar-refractivity contribution in [1.29, 1.82) is 0 Å². The van der Waals surface area contributed by atoms with Gasteiger partial charge < -0.3 is 5.32 Å². The molecule has 1 aliphatic rings. The molecule has 0 radical (unpaired) electrons. The van der Waals surface area contributed by atoms with Gasteiger partial charge in [-0.25, -0.2) is 4.98 Å². The normalized spacial score (nSPS) is 13.5. The van der Waals surface area contributed by atoms with E-state index in [1.54, 1.807) is 12.1 Å². The molecule has 0 aliphatic carbocycles. The summed E-state index contributed by atoms with van der Waals surface area (Å²) in [6.07, 6.45) is 0.0727. The Bertz CT molecular complexity index is 1070. The number of carbonyl (C=O) groups is 2. The van der Waals surface area contributed by atoms with Gasteiger partial charge in [0.25, 0.3) is 5.91 Å². The van der Waals surface area contributed by atoms with Crippen LogP contribution in [-0.4, -0.2) is 28.4 Å². The maximum atomic E-state index is 12.3.